The molecular weight excluding hydrogens is 344 g/mol. The van der Waals surface area contributed by atoms with E-state index in [1.54, 1.807) is 13.8 Å². The summed E-state index contributed by atoms with van der Waals surface area (Å²) in [4.78, 5) is 24.7. The maximum Gasteiger partial charge on any atom is 0.339 e. The Balaban J connectivity index is 2.14. The smallest absolute Gasteiger partial charge is 0.339 e. The van der Waals surface area contributed by atoms with Crippen molar-refractivity contribution >= 4 is 17.8 Å². The van der Waals surface area contributed by atoms with E-state index in [9.17, 15) is 14.9 Å². The number of anilines is 1. The van der Waals surface area contributed by atoms with Crippen LogP contribution in [0.25, 0.3) is 0 Å². The number of hydrogen-bond donors (Lipinski definition) is 1. The molecule has 0 aliphatic rings. The van der Waals surface area contributed by atoms with Crippen molar-refractivity contribution in [1.29, 1.82) is 5.26 Å². The van der Waals surface area contributed by atoms with E-state index in [-0.39, 0.29) is 11.4 Å². The second-order valence-corrected chi connectivity index (χ2v) is 6.72. The lowest BCUT2D eigenvalue weighted by Crippen LogP contribution is -2.22. The number of hydrogen-bond acceptors (Lipinski definition) is 5. The molecule has 0 saturated carbocycles. The summed E-state index contributed by atoms with van der Waals surface area (Å²) in [5.41, 5.74) is 6.35. The largest absolute Gasteiger partial charge is 0.452 e. The van der Waals surface area contributed by atoms with Gasteiger partial charge in [-0.15, -0.1) is 0 Å². The van der Waals surface area contributed by atoms with Crippen LogP contribution in [0.5, 0.6) is 0 Å². The minimum atomic E-state index is -0.565. The fraction of sp³-hybridized carbons (Fsp3) is 0.381. The van der Waals surface area contributed by atoms with Crippen LogP contribution in [-0.2, 0) is 9.53 Å². The first-order valence-electron chi connectivity index (χ1n) is 8.64. The Morgan fingerprint density at radius 3 is 1.96 bits per heavy atom. The first kappa shape index (κ1) is 20.2. The van der Waals surface area contributed by atoms with Crippen LogP contribution in [0.3, 0.4) is 0 Å². The van der Waals surface area contributed by atoms with E-state index in [0.717, 1.165) is 27.8 Å². The Labute approximate surface area is 159 Å². The highest BCUT2D eigenvalue weighted by Gasteiger charge is 2.21. The number of furan rings is 1. The average molecular weight is 368 g/mol. The second kappa shape index (κ2) is 7.67. The Hall–Kier alpha value is -3.07. The zero-order valence-electron chi connectivity index (χ0n) is 16.8. The van der Waals surface area contributed by atoms with E-state index < -0.39 is 18.5 Å². The number of nitriles is 1. The van der Waals surface area contributed by atoms with Gasteiger partial charge in [-0.3, -0.25) is 10.1 Å². The molecule has 1 N–H and O–H groups in total. The van der Waals surface area contributed by atoms with Gasteiger partial charge in [-0.25, -0.2) is 4.79 Å². The van der Waals surface area contributed by atoms with Gasteiger partial charge in [0.25, 0.3) is 5.91 Å². The first-order valence-corrected chi connectivity index (χ1v) is 8.64. The van der Waals surface area contributed by atoms with Gasteiger partial charge >= 0.3 is 5.97 Å². The van der Waals surface area contributed by atoms with Crippen LogP contribution in [0.1, 0.15) is 55.1 Å². The average Bonchev–Trinajstić information content (AvgIpc) is 2.89. The number of ether oxygens (including phenoxy) is 1. The fourth-order valence-corrected chi connectivity index (χ4v) is 3.02. The molecule has 1 aromatic heterocycles. The van der Waals surface area contributed by atoms with Gasteiger partial charge in [0.05, 0.1) is 5.56 Å². The third kappa shape index (κ3) is 3.72. The van der Waals surface area contributed by atoms with Gasteiger partial charge in [0.1, 0.15) is 17.4 Å². The van der Waals surface area contributed by atoms with Crippen molar-refractivity contribution in [3.05, 3.63) is 50.3 Å². The minimum absolute atomic E-state index is 0.0722. The molecule has 0 bridgehead atoms. The molecule has 0 unspecified atom stereocenters. The molecule has 0 radical (unpaired) electrons. The SMILES string of the molecule is Cc1oc(NC(=O)COC(=O)c2c(C)c(C)c(C)c(C)c2C)c(C#N)c1C. The van der Waals surface area contributed by atoms with Gasteiger partial charge in [-0.2, -0.15) is 5.26 Å². The van der Waals surface area contributed by atoms with Crippen LogP contribution in [0.2, 0.25) is 0 Å². The lowest BCUT2D eigenvalue weighted by atomic mass is 9.90. The molecule has 0 aliphatic carbocycles. The molecular formula is C21H24N2O4. The topological polar surface area (TPSA) is 92.3 Å². The summed E-state index contributed by atoms with van der Waals surface area (Å²) in [5, 5.41) is 11.7. The summed E-state index contributed by atoms with van der Waals surface area (Å²) in [5.74, 6) is -0.484. The van der Waals surface area contributed by atoms with Gasteiger partial charge in [0.2, 0.25) is 5.88 Å². The Morgan fingerprint density at radius 2 is 1.44 bits per heavy atom. The van der Waals surface area contributed by atoms with Crippen LogP contribution < -0.4 is 5.32 Å². The van der Waals surface area contributed by atoms with Crippen LogP contribution in [0, 0.1) is 59.8 Å². The van der Waals surface area contributed by atoms with E-state index in [2.05, 4.69) is 5.32 Å². The predicted octanol–water partition coefficient (Wildman–Crippen LogP) is 4.11. The van der Waals surface area contributed by atoms with Crippen LogP contribution >= 0.6 is 0 Å². The standard InChI is InChI=1S/C21H24N2O4/c1-10-11(2)13(4)19(14(5)12(10)3)21(25)26-9-18(24)23-20-17(8-22)15(6)16(7)27-20/h9H2,1-7H3,(H,23,24). The third-order valence-corrected chi connectivity index (χ3v) is 5.29. The monoisotopic (exact) mass is 368 g/mol. The van der Waals surface area contributed by atoms with Crippen molar-refractivity contribution in [3.63, 3.8) is 0 Å². The van der Waals surface area contributed by atoms with Crippen LogP contribution in [0.15, 0.2) is 4.42 Å². The lowest BCUT2D eigenvalue weighted by Gasteiger charge is -2.17. The van der Waals surface area contributed by atoms with Crippen molar-refractivity contribution < 1.29 is 18.7 Å². The molecule has 142 valence electrons. The molecule has 1 aromatic carbocycles. The number of aryl methyl sites for hydroxylation is 1. The molecule has 6 heteroatoms. The molecule has 27 heavy (non-hydrogen) atoms. The highest BCUT2D eigenvalue weighted by molar-refractivity contribution is 5.97. The number of carbonyl (C=O) groups is 2. The van der Waals surface area contributed by atoms with Crippen LogP contribution in [-0.4, -0.2) is 18.5 Å². The summed E-state index contributed by atoms with van der Waals surface area (Å²) in [6.07, 6.45) is 0. The summed E-state index contributed by atoms with van der Waals surface area (Å²) in [6.45, 7) is 12.7. The zero-order valence-corrected chi connectivity index (χ0v) is 16.8. The molecule has 1 amide bonds. The number of esters is 1. The molecule has 6 nitrogen and oxygen atoms in total. The van der Waals surface area contributed by atoms with Crippen molar-refractivity contribution in [2.24, 2.45) is 0 Å². The molecule has 0 saturated heterocycles. The number of nitrogens with zero attached hydrogens (tertiary/aromatic N) is 1. The lowest BCUT2D eigenvalue weighted by molar-refractivity contribution is -0.119. The summed E-state index contributed by atoms with van der Waals surface area (Å²) < 4.78 is 10.6. The van der Waals surface area contributed by atoms with Crippen molar-refractivity contribution in [2.45, 2.75) is 48.5 Å². The highest BCUT2D eigenvalue weighted by Crippen LogP contribution is 2.27. The quantitative estimate of drug-likeness (QED) is 0.820. The molecule has 0 fully saturated rings. The predicted molar refractivity (Wildman–Crippen MR) is 102 cm³/mol. The van der Waals surface area contributed by atoms with E-state index in [0.29, 0.717) is 16.9 Å². The van der Waals surface area contributed by atoms with Gasteiger partial charge in [-0.1, -0.05) is 0 Å². The number of rotatable bonds is 4. The molecule has 2 rings (SSSR count). The van der Waals surface area contributed by atoms with Crippen LogP contribution in [0.4, 0.5) is 5.88 Å². The number of amides is 1. The first-order chi connectivity index (χ1) is 12.6. The van der Waals surface area contributed by atoms with Crippen molar-refractivity contribution in [1.82, 2.24) is 0 Å². The number of benzene rings is 1. The summed E-state index contributed by atoms with van der Waals surface area (Å²) in [7, 11) is 0. The van der Waals surface area contributed by atoms with Crippen molar-refractivity contribution in [3.8, 4) is 6.07 Å². The van der Waals surface area contributed by atoms with Gasteiger partial charge in [-0.05, 0) is 76.3 Å². The Kier molecular flexibility index (Phi) is 5.75. The summed E-state index contributed by atoms with van der Waals surface area (Å²) >= 11 is 0. The fourth-order valence-electron chi connectivity index (χ4n) is 3.02. The van der Waals surface area contributed by atoms with E-state index in [1.165, 1.54) is 0 Å². The normalized spacial score (nSPS) is 10.4. The molecule has 2 aromatic rings. The summed E-state index contributed by atoms with van der Waals surface area (Å²) in [6, 6.07) is 2.00. The number of nitrogens with one attached hydrogen (secondary N) is 1. The van der Waals surface area contributed by atoms with Crippen molar-refractivity contribution in [2.75, 3.05) is 11.9 Å². The van der Waals surface area contributed by atoms with E-state index in [4.69, 9.17) is 9.15 Å². The molecule has 1 heterocycles. The zero-order chi connectivity index (χ0) is 20.5. The molecule has 0 aliphatic heterocycles. The molecule has 0 spiro atoms. The van der Waals surface area contributed by atoms with Gasteiger partial charge < -0.3 is 9.15 Å². The maximum atomic E-state index is 12.6. The maximum absolute atomic E-state index is 12.6. The minimum Gasteiger partial charge on any atom is -0.452 e. The van der Waals surface area contributed by atoms with Gasteiger partial charge in [0.15, 0.2) is 6.61 Å². The second-order valence-electron chi connectivity index (χ2n) is 6.72. The third-order valence-electron chi connectivity index (χ3n) is 5.29. The number of carbonyl (C=O) groups excluding carboxylic acids is 2. The van der Waals surface area contributed by atoms with E-state index >= 15 is 0 Å². The van der Waals surface area contributed by atoms with E-state index in [1.807, 2.05) is 40.7 Å². The Bertz CT molecular complexity index is 948. The highest BCUT2D eigenvalue weighted by atomic mass is 16.5. The van der Waals surface area contributed by atoms with Gasteiger partial charge in [0, 0.05) is 5.56 Å². The Morgan fingerprint density at radius 1 is 0.926 bits per heavy atom. The molecule has 0 atom stereocenters.